The monoisotopic (exact) mass is 350 g/mol. The second kappa shape index (κ2) is 5.98. The summed E-state index contributed by atoms with van der Waals surface area (Å²) in [6.45, 7) is 1.36. The maximum atomic E-state index is 12.7. The van der Waals surface area contributed by atoms with Gasteiger partial charge in [-0.3, -0.25) is 14.5 Å². The molecule has 0 unspecified atom stereocenters. The molecule has 2 aromatic rings. The molecule has 132 valence electrons. The highest BCUT2D eigenvalue weighted by molar-refractivity contribution is 6.34. The molecular formula is C20H16NO5-. The first kappa shape index (κ1) is 16.3. The van der Waals surface area contributed by atoms with Gasteiger partial charge in [0.25, 0.3) is 11.8 Å². The number of carbonyl (C=O) groups excluding carboxylic acids is 3. The van der Waals surface area contributed by atoms with E-state index in [-0.39, 0.29) is 11.1 Å². The van der Waals surface area contributed by atoms with Crippen LogP contribution in [0.4, 0.5) is 0 Å². The molecule has 0 N–H and O–H groups in total. The molecule has 1 aromatic heterocycles. The third kappa shape index (κ3) is 2.73. The second-order valence-corrected chi connectivity index (χ2v) is 6.73. The smallest absolute Gasteiger partial charge is 0.261 e. The molecular weight excluding hydrogens is 334 g/mol. The summed E-state index contributed by atoms with van der Waals surface area (Å²) in [5.74, 6) is -0.422. The number of furan rings is 1. The molecule has 2 heterocycles. The van der Waals surface area contributed by atoms with E-state index in [1.165, 1.54) is 0 Å². The predicted octanol–water partition coefficient (Wildman–Crippen LogP) is 1.68. The fraction of sp³-hybridized carbons (Fsp3) is 0.250. The van der Waals surface area contributed by atoms with E-state index < -0.39 is 24.3 Å². The number of hydrogen-bond donors (Lipinski definition) is 0. The van der Waals surface area contributed by atoms with Gasteiger partial charge in [0.1, 0.15) is 11.5 Å². The summed E-state index contributed by atoms with van der Waals surface area (Å²) in [4.78, 5) is 36.9. The van der Waals surface area contributed by atoms with Crippen LogP contribution in [-0.2, 0) is 9.59 Å². The van der Waals surface area contributed by atoms with Crippen LogP contribution in [0.15, 0.2) is 40.8 Å². The normalized spacial score (nSPS) is 23.3. The van der Waals surface area contributed by atoms with Crippen LogP contribution in [0.5, 0.6) is 0 Å². The van der Waals surface area contributed by atoms with Crippen molar-refractivity contribution in [2.75, 3.05) is 6.54 Å². The fourth-order valence-corrected chi connectivity index (χ4v) is 3.32. The zero-order valence-electron chi connectivity index (χ0n) is 14.1. The lowest BCUT2D eigenvalue weighted by Gasteiger charge is -2.28. The summed E-state index contributed by atoms with van der Waals surface area (Å²) in [7, 11) is 0. The van der Waals surface area contributed by atoms with Gasteiger partial charge in [0, 0.05) is 17.0 Å². The minimum atomic E-state index is -1.49. The fourth-order valence-electron chi connectivity index (χ4n) is 3.32. The Labute approximate surface area is 149 Å². The largest absolute Gasteiger partial charge is 0.548 e. The molecule has 6 nitrogen and oxygen atoms in total. The maximum Gasteiger partial charge on any atom is 0.261 e. The molecule has 26 heavy (non-hydrogen) atoms. The molecule has 0 bridgehead atoms. The van der Waals surface area contributed by atoms with Crippen molar-refractivity contribution in [2.45, 2.75) is 19.3 Å². The standard InChI is InChI=1S/C20H17NO5/c1-11-8-15(11)17-7-6-12(26-17)9-16-13-4-2-3-5-14(13)19(24)21(20(16)25)10-18(22)23/h2-7,9,11,15H,8,10H2,1H3,(H,22,23)/p-1/b16-9-/t11-,15+/m0/s1. The Morgan fingerprint density at radius 2 is 1.88 bits per heavy atom. The third-order valence-corrected chi connectivity index (χ3v) is 4.86. The first-order valence-corrected chi connectivity index (χ1v) is 8.42. The molecule has 2 atom stereocenters. The lowest BCUT2D eigenvalue weighted by molar-refractivity contribution is -0.305. The molecule has 1 aromatic carbocycles. The summed E-state index contributed by atoms with van der Waals surface area (Å²) in [6.07, 6.45) is 2.64. The van der Waals surface area contributed by atoms with E-state index in [1.807, 2.05) is 6.07 Å². The quantitative estimate of drug-likeness (QED) is 0.618. The SMILES string of the molecule is C[C@H]1C[C@H]1c1ccc(/C=C2\C(=O)N(CC(=O)[O-])C(=O)c3ccccc32)o1. The summed E-state index contributed by atoms with van der Waals surface area (Å²) in [5, 5.41) is 11.0. The number of imide groups is 1. The maximum absolute atomic E-state index is 12.7. The van der Waals surface area contributed by atoms with Gasteiger partial charge in [-0.15, -0.1) is 0 Å². The van der Waals surface area contributed by atoms with Gasteiger partial charge in [-0.05, 0) is 36.6 Å². The summed E-state index contributed by atoms with van der Waals surface area (Å²) >= 11 is 0. The van der Waals surface area contributed by atoms with Crippen LogP contribution >= 0.6 is 0 Å². The number of amides is 2. The minimum Gasteiger partial charge on any atom is -0.548 e. The van der Waals surface area contributed by atoms with Gasteiger partial charge in [0.15, 0.2) is 0 Å². The molecule has 0 radical (unpaired) electrons. The van der Waals surface area contributed by atoms with E-state index in [2.05, 4.69) is 6.92 Å². The second-order valence-electron chi connectivity index (χ2n) is 6.73. The van der Waals surface area contributed by atoms with E-state index >= 15 is 0 Å². The van der Waals surface area contributed by atoms with E-state index in [9.17, 15) is 19.5 Å². The van der Waals surface area contributed by atoms with Crippen molar-refractivity contribution in [1.29, 1.82) is 0 Å². The molecule has 2 amide bonds. The number of hydrogen-bond acceptors (Lipinski definition) is 5. The zero-order valence-corrected chi connectivity index (χ0v) is 14.1. The van der Waals surface area contributed by atoms with Crippen LogP contribution in [0.3, 0.4) is 0 Å². The number of rotatable bonds is 4. The van der Waals surface area contributed by atoms with Crippen molar-refractivity contribution >= 4 is 29.4 Å². The van der Waals surface area contributed by atoms with Gasteiger partial charge < -0.3 is 14.3 Å². The van der Waals surface area contributed by atoms with Gasteiger partial charge in [-0.1, -0.05) is 25.1 Å². The average molecular weight is 350 g/mol. The van der Waals surface area contributed by atoms with E-state index in [4.69, 9.17) is 4.42 Å². The Morgan fingerprint density at radius 1 is 1.19 bits per heavy atom. The highest BCUT2D eigenvalue weighted by atomic mass is 16.4. The number of aliphatic carboxylic acids is 1. The molecule has 4 rings (SSSR count). The highest BCUT2D eigenvalue weighted by Gasteiger charge is 2.37. The Hall–Kier alpha value is -3.15. The first-order chi connectivity index (χ1) is 12.5. The Bertz CT molecular complexity index is 955. The van der Waals surface area contributed by atoms with E-state index in [1.54, 1.807) is 36.4 Å². The topological polar surface area (TPSA) is 90.6 Å². The Balaban J connectivity index is 1.76. The first-order valence-electron chi connectivity index (χ1n) is 8.42. The molecule has 2 aliphatic rings. The van der Waals surface area contributed by atoms with Gasteiger partial charge in [-0.2, -0.15) is 0 Å². The van der Waals surface area contributed by atoms with E-state index in [0.717, 1.165) is 12.2 Å². The Morgan fingerprint density at radius 3 is 2.54 bits per heavy atom. The molecule has 1 aliphatic heterocycles. The van der Waals surface area contributed by atoms with Crippen molar-refractivity contribution < 1.29 is 23.9 Å². The van der Waals surface area contributed by atoms with Gasteiger partial charge in [0.2, 0.25) is 0 Å². The molecule has 1 aliphatic carbocycles. The Kier molecular flexibility index (Phi) is 3.76. The molecule has 0 saturated heterocycles. The molecule has 1 saturated carbocycles. The van der Waals surface area contributed by atoms with Crippen LogP contribution in [0.2, 0.25) is 0 Å². The number of carboxylic acid groups (broad SMARTS) is 1. The molecule has 1 fully saturated rings. The summed E-state index contributed by atoms with van der Waals surface area (Å²) in [6, 6.07) is 10.3. The van der Waals surface area contributed by atoms with E-state index in [0.29, 0.717) is 28.1 Å². The molecule has 6 heteroatoms. The minimum absolute atomic E-state index is 0.228. The van der Waals surface area contributed by atoms with Crippen LogP contribution in [-0.4, -0.2) is 29.2 Å². The molecule has 0 spiro atoms. The van der Waals surface area contributed by atoms with Crippen LogP contribution in [0, 0.1) is 5.92 Å². The predicted molar refractivity (Wildman–Crippen MR) is 90.6 cm³/mol. The lowest BCUT2D eigenvalue weighted by Crippen LogP contribution is -2.47. The number of nitrogens with zero attached hydrogens (tertiary/aromatic N) is 1. The van der Waals surface area contributed by atoms with Gasteiger partial charge in [-0.25, -0.2) is 0 Å². The third-order valence-electron chi connectivity index (χ3n) is 4.86. The van der Waals surface area contributed by atoms with Crippen LogP contribution in [0.25, 0.3) is 11.6 Å². The zero-order chi connectivity index (χ0) is 18.4. The summed E-state index contributed by atoms with van der Waals surface area (Å²) in [5.41, 5.74) is 0.975. The summed E-state index contributed by atoms with van der Waals surface area (Å²) < 4.78 is 5.83. The van der Waals surface area contributed by atoms with Crippen molar-refractivity contribution in [1.82, 2.24) is 4.90 Å². The number of carboxylic acids is 1. The van der Waals surface area contributed by atoms with Crippen molar-refractivity contribution in [3.8, 4) is 0 Å². The lowest BCUT2D eigenvalue weighted by atomic mass is 9.93. The number of carbonyl (C=O) groups is 3. The van der Waals surface area contributed by atoms with Gasteiger partial charge in [0.05, 0.1) is 18.1 Å². The highest BCUT2D eigenvalue weighted by Crippen LogP contribution is 2.47. The number of fused-ring (bicyclic) bond motifs is 1. The number of benzene rings is 1. The van der Waals surface area contributed by atoms with Gasteiger partial charge >= 0.3 is 0 Å². The van der Waals surface area contributed by atoms with Crippen LogP contribution in [0.1, 0.15) is 46.7 Å². The van der Waals surface area contributed by atoms with Crippen LogP contribution < -0.4 is 5.11 Å². The van der Waals surface area contributed by atoms with Crippen molar-refractivity contribution in [3.05, 3.63) is 59.0 Å². The van der Waals surface area contributed by atoms with Crippen molar-refractivity contribution in [2.24, 2.45) is 5.92 Å². The van der Waals surface area contributed by atoms with Crippen molar-refractivity contribution in [3.63, 3.8) is 0 Å². The average Bonchev–Trinajstić information content (AvgIpc) is 3.16.